The van der Waals surface area contributed by atoms with Crippen molar-refractivity contribution in [1.29, 1.82) is 0 Å². The molecule has 1 N–H and O–H groups in total. The molecule has 0 aliphatic rings. The minimum absolute atomic E-state index is 0.206. The molecule has 3 nitrogen and oxygen atoms in total. The second-order valence-electron chi connectivity index (χ2n) is 4.62. The van der Waals surface area contributed by atoms with Gasteiger partial charge in [-0.05, 0) is 43.7 Å². The van der Waals surface area contributed by atoms with E-state index in [1.54, 1.807) is 13.0 Å². The number of para-hydroxylation sites is 2. The molecule has 0 atom stereocenters. The SMILES string of the molecule is CCOc1ccccc1OCCNc1ccc(C)c(F)c1. The number of benzene rings is 2. The summed E-state index contributed by atoms with van der Waals surface area (Å²) in [4.78, 5) is 0. The lowest BCUT2D eigenvalue weighted by Gasteiger charge is -2.12. The molecule has 0 radical (unpaired) electrons. The molecule has 0 heterocycles. The van der Waals surface area contributed by atoms with Crippen LogP contribution in [0.2, 0.25) is 0 Å². The highest BCUT2D eigenvalue weighted by molar-refractivity contribution is 5.45. The lowest BCUT2D eigenvalue weighted by molar-refractivity contribution is 0.284. The van der Waals surface area contributed by atoms with Gasteiger partial charge in [0, 0.05) is 12.2 Å². The van der Waals surface area contributed by atoms with Crippen molar-refractivity contribution in [3.05, 3.63) is 53.8 Å². The molecular weight excluding hydrogens is 269 g/mol. The number of nitrogens with one attached hydrogen (secondary N) is 1. The number of hydrogen-bond donors (Lipinski definition) is 1. The number of rotatable bonds is 7. The van der Waals surface area contributed by atoms with Crippen molar-refractivity contribution in [1.82, 2.24) is 0 Å². The van der Waals surface area contributed by atoms with Crippen LogP contribution in [-0.4, -0.2) is 19.8 Å². The third-order valence-corrected chi connectivity index (χ3v) is 3.01. The third kappa shape index (κ3) is 4.38. The average Bonchev–Trinajstić information content (AvgIpc) is 2.49. The Bertz CT molecular complexity index is 587. The van der Waals surface area contributed by atoms with Gasteiger partial charge in [-0.2, -0.15) is 0 Å². The van der Waals surface area contributed by atoms with Crippen LogP contribution in [0.5, 0.6) is 11.5 Å². The van der Waals surface area contributed by atoms with E-state index in [0.717, 1.165) is 17.2 Å². The summed E-state index contributed by atoms with van der Waals surface area (Å²) in [7, 11) is 0. The lowest BCUT2D eigenvalue weighted by atomic mass is 10.2. The van der Waals surface area contributed by atoms with Gasteiger partial charge < -0.3 is 14.8 Å². The Labute approximate surface area is 124 Å². The maximum atomic E-state index is 13.4. The van der Waals surface area contributed by atoms with Crippen LogP contribution >= 0.6 is 0 Å². The number of aryl methyl sites for hydroxylation is 1. The lowest BCUT2D eigenvalue weighted by Crippen LogP contribution is -2.12. The van der Waals surface area contributed by atoms with Gasteiger partial charge in [-0.1, -0.05) is 18.2 Å². The van der Waals surface area contributed by atoms with Crippen LogP contribution in [0.1, 0.15) is 12.5 Å². The van der Waals surface area contributed by atoms with Crippen molar-refractivity contribution in [2.45, 2.75) is 13.8 Å². The Morgan fingerprint density at radius 2 is 1.76 bits per heavy atom. The Morgan fingerprint density at radius 1 is 1.05 bits per heavy atom. The Hall–Kier alpha value is -2.23. The van der Waals surface area contributed by atoms with E-state index in [-0.39, 0.29) is 5.82 Å². The molecular formula is C17H20FNO2. The van der Waals surface area contributed by atoms with Gasteiger partial charge in [0.1, 0.15) is 12.4 Å². The molecule has 0 fully saturated rings. The van der Waals surface area contributed by atoms with Gasteiger partial charge in [0.15, 0.2) is 11.5 Å². The van der Waals surface area contributed by atoms with Crippen molar-refractivity contribution < 1.29 is 13.9 Å². The molecule has 112 valence electrons. The van der Waals surface area contributed by atoms with Gasteiger partial charge in [0.05, 0.1) is 6.61 Å². The minimum Gasteiger partial charge on any atom is -0.490 e. The van der Waals surface area contributed by atoms with Crippen LogP contribution in [0.15, 0.2) is 42.5 Å². The van der Waals surface area contributed by atoms with Gasteiger partial charge in [0.25, 0.3) is 0 Å². The van der Waals surface area contributed by atoms with Crippen LogP contribution in [0.3, 0.4) is 0 Å². The number of anilines is 1. The molecule has 0 bridgehead atoms. The van der Waals surface area contributed by atoms with Crippen LogP contribution < -0.4 is 14.8 Å². The fourth-order valence-corrected chi connectivity index (χ4v) is 1.90. The normalized spacial score (nSPS) is 10.2. The molecule has 21 heavy (non-hydrogen) atoms. The topological polar surface area (TPSA) is 30.5 Å². The quantitative estimate of drug-likeness (QED) is 0.781. The largest absolute Gasteiger partial charge is 0.490 e. The van der Waals surface area contributed by atoms with E-state index in [4.69, 9.17) is 9.47 Å². The highest BCUT2D eigenvalue weighted by atomic mass is 19.1. The highest BCUT2D eigenvalue weighted by Crippen LogP contribution is 2.26. The van der Waals surface area contributed by atoms with Gasteiger partial charge in [-0.15, -0.1) is 0 Å². The second kappa shape index (κ2) is 7.53. The molecule has 0 aliphatic carbocycles. The number of halogens is 1. The fourth-order valence-electron chi connectivity index (χ4n) is 1.90. The summed E-state index contributed by atoms with van der Waals surface area (Å²) in [5.41, 5.74) is 1.39. The number of ether oxygens (including phenoxy) is 2. The first kappa shape index (κ1) is 15.2. The first-order valence-electron chi connectivity index (χ1n) is 7.05. The van der Waals surface area contributed by atoms with Gasteiger partial charge in [0.2, 0.25) is 0 Å². The first-order valence-corrected chi connectivity index (χ1v) is 7.05. The van der Waals surface area contributed by atoms with Crippen LogP contribution in [-0.2, 0) is 0 Å². The number of hydrogen-bond acceptors (Lipinski definition) is 3. The van der Waals surface area contributed by atoms with Crippen molar-refractivity contribution in [2.24, 2.45) is 0 Å². The fraction of sp³-hybridized carbons (Fsp3) is 0.294. The Kier molecular flexibility index (Phi) is 5.43. The van der Waals surface area contributed by atoms with Crippen molar-refractivity contribution >= 4 is 5.69 Å². The molecule has 0 aromatic heterocycles. The van der Waals surface area contributed by atoms with Crippen molar-refractivity contribution in [3.8, 4) is 11.5 Å². The molecule has 0 amide bonds. The van der Waals surface area contributed by atoms with Gasteiger partial charge in [-0.25, -0.2) is 4.39 Å². The van der Waals surface area contributed by atoms with Crippen molar-refractivity contribution in [2.75, 3.05) is 25.1 Å². The van der Waals surface area contributed by atoms with E-state index in [1.165, 1.54) is 6.07 Å². The average molecular weight is 289 g/mol. The molecule has 2 aromatic rings. The van der Waals surface area contributed by atoms with Gasteiger partial charge in [-0.3, -0.25) is 0 Å². The predicted molar refractivity (Wildman–Crippen MR) is 82.7 cm³/mol. The molecule has 2 aromatic carbocycles. The first-order chi connectivity index (χ1) is 10.2. The Balaban J connectivity index is 1.83. The molecule has 0 spiro atoms. The summed E-state index contributed by atoms with van der Waals surface area (Å²) in [5.74, 6) is 1.25. The zero-order valence-corrected chi connectivity index (χ0v) is 12.4. The predicted octanol–water partition coefficient (Wildman–Crippen LogP) is 4.02. The summed E-state index contributed by atoms with van der Waals surface area (Å²) < 4.78 is 24.6. The maximum Gasteiger partial charge on any atom is 0.161 e. The zero-order valence-electron chi connectivity index (χ0n) is 12.4. The summed E-state index contributed by atoms with van der Waals surface area (Å²) >= 11 is 0. The molecule has 0 unspecified atom stereocenters. The highest BCUT2D eigenvalue weighted by Gasteiger charge is 2.03. The van der Waals surface area contributed by atoms with Crippen LogP contribution in [0.25, 0.3) is 0 Å². The summed E-state index contributed by atoms with van der Waals surface area (Å²) in [6.07, 6.45) is 0. The van der Waals surface area contributed by atoms with Gasteiger partial charge >= 0.3 is 0 Å². The van der Waals surface area contributed by atoms with Crippen LogP contribution in [0.4, 0.5) is 10.1 Å². The van der Waals surface area contributed by atoms with E-state index in [1.807, 2.05) is 37.3 Å². The minimum atomic E-state index is -0.206. The zero-order chi connectivity index (χ0) is 15.1. The van der Waals surface area contributed by atoms with Crippen molar-refractivity contribution in [3.63, 3.8) is 0 Å². The smallest absolute Gasteiger partial charge is 0.161 e. The molecule has 0 aliphatic heterocycles. The third-order valence-electron chi connectivity index (χ3n) is 3.01. The summed E-state index contributed by atoms with van der Waals surface area (Å²) in [5, 5.41) is 3.13. The molecule has 2 rings (SSSR count). The standard InChI is InChI=1S/C17H20FNO2/c1-3-20-16-6-4-5-7-17(16)21-11-10-19-14-9-8-13(2)15(18)12-14/h4-9,12,19H,3,10-11H2,1-2H3. The van der Waals surface area contributed by atoms with E-state index in [0.29, 0.717) is 25.3 Å². The Morgan fingerprint density at radius 3 is 2.43 bits per heavy atom. The molecule has 0 saturated carbocycles. The monoisotopic (exact) mass is 289 g/mol. The van der Waals surface area contributed by atoms with E-state index < -0.39 is 0 Å². The van der Waals surface area contributed by atoms with E-state index in [2.05, 4.69) is 5.32 Å². The summed E-state index contributed by atoms with van der Waals surface area (Å²) in [6, 6.07) is 12.7. The van der Waals surface area contributed by atoms with E-state index in [9.17, 15) is 4.39 Å². The maximum absolute atomic E-state index is 13.4. The second-order valence-corrected chi connectivity index (χ2v) is 4.62. The molecule has 4 heteroatoms. The summed E-state index contributed by atoms with van der Waals surface area (Å²) in [6.45, 7) is 5.33. The van der Waals surface area contributed by atoms with E-state index >= 15 is 0 Å². The molecule has 0 saturated heterocycles. The van der Waals surface area contributed by atoms with Crippen LogP contribution in [0, 0.1) is 12.7 Å².